The van der Waals surface area contributed by atoms with E-state index in [1.54, 1.807) is 30.6 Å². The fourth-order valence-corrected chi connectivity index (χ4v) is 4.44. The highest BCUT2D eigenvalue weighted by Crippen LogP contribution is 2.30. The van der Waals surface area contributed by atoms with Gasteiger partial charge in [0.05, 0.1) is 28.6 Å². The van der Waals surface area contributed by atoms with Crippen molar-refractivity contribution in [2.24, 2.45) is 0 Å². The number of allylic oxidation sites excluding steroid dienone is 2. The molecule has 5 rings (SSSR count). The van der Waals surface area contributed by atoms with Crippen molar-refractivity contribution in [3.05, 3.63) is 101 Å². The van der Waals surface area contributed by atoms with E-state index in [0.717, 1.165) is 56.2 Å². The van der Waals surface area contributed by atoms with Crippen LogP contribution in [0.1, 0.15) is 12.5 Å². The maximum absolute atomic E-state index is 14.5. The molecule has 0 saturated heterocycles. The van der Waals surface area contributed by atoms with Gasteiger partial charge in [0.15, 0.2) is 0 Å². The van der Waals surface area contributed by atoms with Gasteiger partial charge in [0.1, 0.15) is 11.5 Å². The van der Waals surface area contributed by atoms with Crippen molar-refractivity contribution in [2.45, 2.75) is 6.92 Å². The molecule has 0 saturated carbocycles. The van der Waals surface area contributed by atoms with Crippen LogP contribution in [0, 0.1) is 5.82 Å². The molecule has 0 bridgehead atoms. The summed E-state index contributed by atoms with van der Waals surface area (Å²) in [5.41, 5.74) is 7.15. The van der Waals surface area contributed by atoms with E-state index < -0.39 is 0 Å². The van der Waals surface area contributed by atoms with Gasteiger partial charge in [0.2, 0.25) is 0 Å². The quantitative estimate of drug-likeness (QED) is 0.271. The minimum Gasteiger partial charge on any atom is -0.357 e. The van der Waals surface area contributed by atoms with Crippen LogP contribution in [-0.4, -0.2) is 50.7 Å². The first-order valence-corrected chi connectivity index (χ1v) is 12.5. The van der Waals surface area contributed by atoms with E-state index in [4.69, 9.17) is 0 Å². The highest BCUT2D eigenvalue weighted by molar-refractivity contribution is 5.96. The lowest BCUT2D eigenvalue weighted by Gasteiger charge is -2.14. The zero-order valence-electron chi connectivity index (χ0n) is 22.2. The highest BCUT2D eigenvalue weighted by Gasteiger charge is 2.14. The number of halogens is 1. The van der Waals surface area contributed by atoms with E-state index in [-0.39, 0.29) is 5.82 Å². The summed E-state index contributed by atoms with van der Waals surface area (Å²) in [5, 5.41) is 13.3. The van der Waals surface area contributed by atoms with E-state index in [9.17, 15) is 4.39 Å². The van der Waals surface area contributed by atoms with Crippen molar-refractivity contribution < 1.29 is 4.39 Å². The van der Waals surface area contributed by atoms with Crippen LogP contribution in [0.3, 0.4) is 0 Å². The molecule has 1 aromatic carbocycles. The monoisotopic (exact) mass is 519 g/mol. The molecule has 39 heavy (non-hydrogen) atoms. The Morgan fingerprint density at radius 1 is 1.13 bits per heavy atom. The lowest BCUT2D eigenvalue weighted by molar-refractivity contribution is 0.447. The van der Waals surface area contributed by atoms with E-state index in [1.807, 2.05) is 57.6 Å². The minimum absolute atomic E-state index is 0.313. The van der Waals surface area contributed by atoms with Gasteiger partial charge >= 0.3 is 0 Å². The summed E-state index contributed by atoms with van der Waals surface area (Å²) in [6.07, 6.45) is 9.24. The van der Waals surface area contributed by atoms with Crippen molar-refractivity contribution in [1.29, 1.82) is 0 Å². The summed E-state index contributed by atoms with van der Waals surface area (Å²) in [6.45, 7) is 11.1. The van der Waals surface area contributed by atoms with E-state index in [2.05, 4.69) is 48.5 Å². The second-order valence-electron chi connectivity index (χ2n) is 9.69. The largest absolute Gasteiger partial charge is 0.357 e. The lowest BCUT2D eigenvalue weighted by Crippen LogP contribution is -2.21. The molecule has 7 nitrogen and oxygen atoms in total. The number of aromatic amines is 2. The van der Waals surface area contributed by atoms with Gasteiger partial charge in [-0.25, -0.2) is 4.39 Å². The third kappa shape index (κ3) is 5.56. The normalized spacial score (nSPS) is 12.4. The number of aromatic nitrogens is 5. The van der Waals surface area contributed by atoms with Gasteiger partial charge in [-0.15, -0.1) is 0 Å². The van der Waals surface area contributed by atoms with Crippen LogP contribution in [0.25, 0.3) is 51.8 Å². The fraction of sp³-hybridized carbons (Fsp3) is 0.129. The molecule has 4 aromatic heterocycles. The van der Waals surface area contributed by atoms with Gasteiger partial charge in [0, 0.05) is 46.3 Å². The molecule has 0 aliphatic rings. The number of benzene rings is 1. The maximum Gasteiger partial charge on any atom is 0.132 e. The highest BCUT2D eigenvalue weighted by atomic mass is 19.1. The predicted molar refractivity (Wildman–Crippen MR) is 158 cm³/mol. The first-order valence-electron chi connectivity index (χ1n) is 12.5. The molecule has 0 atom stereocenters. The number of pyridine rings is 2. The van der Waals surface area contributed by atoms with Crippen molar-refractivity contribution in [1.82, 2.24) is 30.0 Å². The Balaban J connectivity index is 1.43. The number of H-pyrrole nitrogens is 2. The van der Waals surface area contributed by atoms with Gasteiger partial charge in [-0.3, -0.25) is 15.1 Å². The van der Waals surface area contributed by atoms with Crippen molar-refractivity contribution >= 4 is 34.8 Å². The van der Waals surface area contributed by atoms with E-state index in [0.29, 0.717) is 17.0 Å². The molecule has 0 fully saturated rings. The number of fused-ring (bicyclic) bond motifs is 1. The predicted octanol–water partition coefficient (Wildman–Crippen LogP) is 4.94. The molecule has 0 unspecified atom stereocenters. The number of hydrogen-bond acceptors (Lipinski definition) is 5. The Kier molecular flexibility index (Phi) is 7.21. The Hall–Kier alpha value is -4.82. The molecule has 0 radical (unpaired) electrons. The summed E-state index contributed by atoms with van der Waals surface area (Å²) in [7, 11) is 4.00. The molecule has 4 heterocycles. The average Bonchev–Trinajstić information content (AvgIpc) is 3.50. The van der Waals surface area contributed by atoms with Crippen LogP contribution >= 0.6 is 0 Å². The number of rotatable bonds is 8. The van der Waals surface area contributed by atoms with Gasteiger partial charge in [-0.1, -0.05) is 31.4 Å². The molecule has 0 aliphatic heterocycles. The van der Waals surface area contributed by atoms with Crippen molar-refractivity contribution in [3.8, 4) is 22.6 Å². The Morgan fingerprint density at radius 2 is 1.95 bits per heavy atom. The molecule has 0 aliphatic carbocycles. The summed E-state index contributed by atoms with van der Waals surface area (Å²) in [4.78, 5) is 14.3. The SMILES string of the molecule is C=C(CN(C)C)Nc1cncc(/C(C)=C/C=c2/[nH]nc(-c3cc4c(-c5ccccc5F)nccc4[nH]3)c2=C)c1. The Morgan fingerprint density at radius 3 is 2.74 bits per heavy atom. The smallest absolute Gasteiger partial charge is 0.132 e. The third-order valence-corrected chi connectivity index (χ3v) is 6.35. The maximum atomic E-state index is 14.5. The van der Waals surface area contributed by atoms with Crippen LogP contribution in [0.15, 0.2) is 79.4 Å². The molecule has 8 heteroatoms. The lowest BCUT2D eigenvalue weighted by atomic mass is 10.1. The second kappa shape index (κ2) is 10.9. The van der Waals surface area contributed by atoms with Crippen LogP contribution < -0.4 is 15.9 Å². The van der Waals surface area contributed by atoms with Gasteiger partial charge in [-0.2, -0.15) is 5.10 Å². The van der Waals surface area contributed by atoms with E-state index in [1.165, 1.54) is 6.07 Å². The Bertz CT molecular complexity index is 1810. The molecule has 5 aromatic rings. The standard InChI is InChI=1S/C31H30FN7/c1-19(22-14-23(17-33-16-22)35-20(2)18-39(4)5)10-11-27-21(3)30(38-37-27)29-15-25-28(36-29)12-13-34-31(25)24-8-6-7-9-26(24)32/h6-17,35-37H,2-3,18H2,1,4-5H3/b19-10+,27-11+. The summed E-state index contributed by atoms with van der Waals surface area (Å²) in [5.74, 6) is -0.313. The molecular formula is C31H30FN7. The van der Waals surface area contributed by atoms with Crippen LogP contribution in [0.5, 0.6) is 0 Å². The number of hydrogen-bond donors (Lipinski definition) is 3. The first kappa shape index (κ1) is 25.8. The fourth-order valence-electron chi connectivity index (χ4n) is 4.44. The van der Waals surface area contributed by atoms with Gasteiger partial charge in [-0.05, 0) is 68.6 Å². The van der Waals surface area contributed by atoms with Crippen molar-refractivity contribution in [2.75, 3.05) is 26.0 Å². The van der Waals surface area contributed by atoms with Crippen LogP contribution in [0.2, 0.25) is 0 Å². The van der Waals surface area contributed by atoms with Crippen molar-refractivity contribution in [3.63, 3.8) is 0 Å². The molecule has 3 N–H and O–H groups in total. The van der Waals surface area contributed by atoms with E-state index >= 15 is 0 Å². The minimum atomic E-state index is -0.313. The molecular weight excluding hydrogens is 489 g/mol. The number of nitrogens with one attached hydrogen (secondary N) is 3. The second-order valence-corrected chi connectivity index (χ2v) is 9.69. The summed E-state index contributed by atoms with van der Waals surface area (Å²) >= 11 is 0. The van der Waals surface area contributed by atoms with Crippen LogP contribution in [0.4, 0.5) is 10.1 Å². The zero-order valence-corrected chi connectivity index (χ0v) is 22.2. The molecule has 0 amide bonds. The first-order chi connectivity index (χ1) is 18.8. The number of anilines is 1. The zero-order chi connectivity index (χ0) is 27.5. The Labute approximate surface area is 226 Å². The van der Waals surface area contributed by atoms with Crippen LogP contribution in [-0.2, 0) is 0 Å². The topological polar surface area (TPSA) is 85.5 Å². The number of nitrogens with zero attached hydrogens (tertiary/aromatic N) is 4. The van der Waals surface area contributed by atoms with Gasteiger partial charge < -0.3 is 15.2 Å². The summed E-state index contributed by atoms with van der Waals surface area (Å²) in [6, 6.07) is 12.5. The molecule has 196 valence electrons. The average molecular weight is 520 g/mol. The number of likely N-dealkylation sites (N-methyl/N-ethyl adjacent to an activating group) is 1. The van der Waals surface area contributed by atoms with Gasteiger partial charge in [0.25, 0.3) is 0 Å². The summed E-state index contributed by atoms with van der Waals surface area (Å²) < 4.78 is 14.5. The molecule has 0 spiro atoms. The third-order valence-electron chi connectivity index (χ3n) is 6.35.